The van der Waals surface area contributed by atoms with Crippen LogP contribution in [0.5, 0.6) is 5.75 Å². The molecule has 2 aliphatic heterocycles. The van der Waals surface area contributed by atoms with Crippen LogP contribution in [0.4, 0.5) is 0 Å². The van der Waals surface area contributed by atoms with Gasteiger partial charge in [0.1, 0.15) is 5.75 Å². The van der Waals surface area contributed by atoms with Crippen LogP contribution in [-0.4, -0.2) is 41.1 Å². The summed E-state index contributed by atoms with van der Waals surface area (Å²) in [6.07, 6.45) is 0.134. The molecular formula is C14H14ClNO4. The van der Waals surface area contributed by atoms with Gasteiger partial charge in [-0.3, -0.25) is 9.59 Å². The van der Waals surface area contributed by atoms with Gasteiger partial charge in [0.2, 0.25) is 0 Å². The molecule has 106 valence electrons. The first kappa shape index (κ1) is 13.2. The van der Waals surface area contributed by atoms with E-state index in [-0.39, 0.29) is 18.2 Å². The highest BCUT2D eigenvalue weighted by atomic mass is 35.5. The van der Waals surface area contributed by atoms with Gasteiger partial charge >= 0.3 is 5.97 Å². The SMILES string of the molecule is O=C(O)CC1CN(C(=O)C2Cc3cc(Cl)ccc3O2)C1. The minimum absolute atomic E-state index is 0.0645. The Kier molecular flexibility index (Phi) is 3.30. The zero-order chi connectivity index (χ0) is 14.3. The molecule has 1 N–H and O–H groups in total. The lowest BCUT2D eigenvalue weighted by atomic mass is 9.95. The number of carboxylic acid groups (broad SMARTS) is 1. The number of fused-ring (bicyclic) bond motifs is 1. The first-order valence-corrected chi connectivity index (χ1v) is 6.86. The fourth-order valence-corrected chi connectivity index (χ4v) is 2.88. The molecule has 1 saturated heterocycles. The number of hydrogen-bond donors (Lipinski definition) is 1. The number of rotatable bonds is 3. The van der Waals surface area contributed by atoms with E-state index in [1.807, 2.05) is 6.07 Å². The van der Waals surface area contributed by atoms with E-state index in [1.54, 1.807) is 17.0 Å². The summed E-state index contributed by atoms with van der Waals surface area (Å²) in [6, 6.07) is 5.32. The first-order valence-electron chi connectivity index (χ1n) is 6.48. The van der Waals surface area contributed by atoms with Crippen LogP contribution >= 0.6 is 11.6 Å². The smallest absolute Gasteiger partial charge is 0.303 e. The maximum absolute atomic E-state index is 12.2. The second kappa shape index (κ2) is 4.98. The Balaban J connectivity index is 1.57. The zero-order valence-electron chi connectivity index (χ0n) is 10.7. The van der Waals surface area contributed by atoms with Gasteiger partial charge in [0.25, 0.3) is 5.91 Å². The van der Waals surface area contributed by atoms with Crippen LogP contribution in [0.15, 0.2) is 18.2 Å². The number of nitrogens with zero attached hydrogens (tertiary/aromatic N) is 1. The highest BCUT2D eigenvalue weighted by Gasteiger charge is 2.38. The van der Waals surface area contributed by atoms with Crippen molar-refractivity contribution in [2.75, 3.05) is 13.1 Å². The molecule has 6 heteroatoms. The molecule has 1 atom stereocenters. The predicted octanol–water partition coefficient (Wildman–Crippen LogP) is 1.58. The zero-order valence-corrected chi connectivity index (χ0v) is 11.5. The standard InChI is InChI=1S/C14H14ClNO4/c15-10-1-2-11-9(4-10)5-12(20-11)14(19)16-6-8(7-16)3-13(17)18/h1-2,4,8,12H,3,5-7H2,(H,17,18). The van der Waals surface area contributed by atoms with Crippen LogP contribution in [0.2, 0.25) is 5.02 Å². The number of benzene rings is 1. The summed E-state index contributed by atoms with van der Waals surface area (Å²) in [7, 11) is 0. The summed E-state index contributed by atoms with van der Waals surface area (Å²) >= 11 is 5.91. The summed E-state index contributed by atoms with van der Waals surface area (Å²) < 4.78 is 5.63. The third-order valence-electron chi connectivity index (χ3n) is 3.70. The normalized spacial score (nSPS) is 21.1. The average Bonchev–Trinajstić information content (AvgIpc) is 2.75. The quantitative estimate of drug-likeness (QED) is 0.919. The van der Waals surface area contributed by atoms with Crippen LogP contribution < -0.4 is 4.74 Å². The molecule has 3 rings (SSSR count). The number of hydrogen-bond acceptors (Lipinski definition) is 3. The summed E-state index contributed by atoms with van der Waals surface area (Å²) in [5.74, 6) is -0.120. The molecule has 1 fully saturated rings. The number of carboxylic acids is 1. The van der Waals surface area contributed by atoms with E-state index in [1.165, 1.54) is 0 Å². The van der Waals surface area contributed by atoms with E-state index < -0.39 is 12.1 Å². The van der Waals surface area contributed by atoms with Gasteiger partial charge in [0, 0.05) is 30.5 Å². The van der Waals surface area contributed by atoms with Crippen molar-refractivity contribution < 1.29 is 19.4 Å². The number of halogens is 1. The molecule has 1 amide bonds. The van der Waals surface area contributed by atoms with Gasteiger partial charge in [0.05, 0.1) is 6.42 Å². The summed E-state index contributed by atoms with van der Waals surface area (Å²) in [5, 5.41) is 9.32. The van der Waals surface area contributed by atoms with Gasteiger partial charge in [0.15, 0.2) is 6.10 Å². The van der Waals surface area contributed by atoms with E-state index in [9.17, 15) is 9.59 Å². The fraction of sp³-hybridized carbons (Fsp3) is 0.429. The van der Waals surface area contributed by atoms with Crippen LogP contribution in [0.1, 0.15) is 12.0 Å². The van der Waals surface area contributed by atoms with Gasteiger partial charge in [-0.1, -0.05) is 11.6 Å². The molecule has 20 heavy (non-hydrogen) atoms. The average molecular weight is 296 g/mol. The Labute approximate surface area is 121 Å². The van der Waals surface area contributed by atoms with Crippen molar-refractivity contribution in [3.05, 3.63) is 28.8 Å². The Bertz CT molecular complexity index is 568. The first-order chi connectivity index (χ1) is 9.52. The molecule has 0 aliphatic carbocycles. The highest BCUT2D eigenvalue weighted by Crippen LogP contribution is 2.32. The number of amides is 1. The van der Waals surface area contributed by atoms with Gasteiger partial charge in [-0.15, -0.1) is 0 Å². The molecule has 0 aromatic heterocycles. The largest absolute Gasteiger partial charge is 0.481 e. The van der Waals surface area contributed by atoms with E-state index in [0.29, 0.717) is 30.3 Å². The molecule has 0 radical (unpaired) electrons. The maximum atomic E-state index is 12.2. The number of aliphatic carboxylic acids is 1. The maximum Gasteiger partial charge on any atom is 0.303 e. The van der Waals surface area contributed by atoms with Crippen molar-refractivity contribution in [2.24, 2.45) is 5.92 Å². The molecule has 2 aliphatic rings. The monoisotopic (exact) mass is 295 g/mol. The van der Waals surface area contributed by atoms with Crippen LogP contribution in [-0.2, 0) is 16.0 Å². The van der Waals surface area contributed by atoms with Crippen LogP contribution in [0.25, 0.3) is 0 Å². The minimum atomic E-state index is -0.818. The molecule has 1 aromatic rings. The van der Waals surface area contributed by atoms with Crippen molar-refractivity contribution in [3.63, 3.8) is 0 Å². The molecule has 0 saturated carbocycles. The Hall–Kier alpha value is -1.75. The highest BCUT2D eigenvalue weighted by molar-refractivity contribution is 6.30. The van der Waals surface area contributed by atoms with Crippen molar-refractivity contribution in [3.8, 4) is 5.75 Å². The van der Waals surface area contributed by atoms with Crippen molar-refractivity contribution in [1.82, 2.24) is 4.90 Å². The fourth-order valence-electron chi connectivity index (χ4n) is 2.68. The molecule has 1 unspecified atom stereocenters. The summed E-state index contributed by atoms with van der Waals surface area (Å²) in [5.41, 5.74) is 0.943. The van der Waals surface area contributed by atoms with E-state index in [2.05, 4.69) is 0 Å². The van der Waals surface area contributed by atoms with Gasteiger partial charge in [-0.05, 0) is 23.8 Å². The van der Waals surface area contributed by atoms with Gasteiger partial charge < -0.3 is 14.7 Å². The van der Waals surface area contributed by atoms with Crippen LogP contribution in [0, 0.1) is 5.92 Å². The van der Waals surface area contributed by atoms with E-state index in [4.69, 9.17) is 21.4 Å². The Morgan fingerprint density at radius 2 is 2.15 bits per heavy atom. The lowest BCUT2D eigenvalue weighted by Crippen LogP contribution is -2.54. The Morgan fingerprint density at radius 1 is 1.40 bits per heavy atom. The molecule has 2 heterocycles. The number of carbonyl (C=O) groups is 2. The second-order valence-electron chi connectivity index (χ2n) is 5.27. The number of carbonyl (C=O) groups excluding carboxylic acids is 1. The van der Waals surface area contributed by atoms with Gasteiger partial charge in [-0.25, -0.2) is 0 Å². The summed E-state index contributed by atoms with van der Waals surface area (Å²) in [6.45, 7) is 1.00. The molecule has 1 aromatic carbocycles. The van der Waals surface area contributed by atoms with Crippen molar-refractivity contribution in [2.45, 2.75) is 18.9 Å². The summed E-state index contributed by atoms with van der Waals surface area (Å²) in [4.78, 5) is 24.5. The molecule has 5 nitrogen and oxygen atoms in total. The lowest BCUT2D eigenvalue weighted by Gasteiger charge is -2.39. The second-order valence-corrected chi connectivity index (χ2v) is 5.71. The third-order valence-corrected chi connectivity index (χ3v) is 3.94. The molecule has 0 spiro atoms. The van der Waals surface area contributed by atoms with Crippen molar-refractivity contribution >= 4 is 23.5 Å². The lowest BCUT2D eigenvalue weighted by molar-refractivity contribution is -0.149. The number of likely N-dealkylation sites (tertiary alicyclic amines) is 1. The third kappa shape index (κ3) is 2.45. The van der Waals surface area contributed by atoms with Crippen LogP contribution in [0.3, 0.4) is 0 Å². The minimum Gasteiger partial charge on any atom is -0.481 e. The van der Waals surface area contributed by atoms with Gasteiger partial charge in [-0.2, -0.15) is 0 Å². The predicted molar refractivity (Wildman–Crippen MR) is 71.9 cm³/mol. The van der Waals surface area contributed by atoms with Crippen molar-refractivity contribution in [1.29, 1.82) is 0 Å². The Morgan fingerprint density at radius 3 is 2.85 bits per heavy atom. The molecule has 0 bridgehead atoms. The molecular weight excluding hydrogens is 282 g/mol. The number of ether oxygens (including phenoxy) is 1. The van der Waals surface area contributed by atoms with E-state index >= 15 is 0 Å². The van der Waals surface area contributed by atoms with E-state index in [0.717, 1.165) is 5.56 Å². The topological polar surface area (TPSA) is 66.8 Å².